The quantitative estimate of drug-likeness (QED) is 0.709. The highest BCUT2D eigenvalue weighted by atomic mass is 31.2. The molecule has 0 aliphatic heterocycles. The molecule has 0 aromatic heterocycles. The Labute approximate surface area is 103 Å². The van der Waals surface area contributed by atoms with Crippen LogP contribution in [0.4, 0.5) is 0 Å². The maximum atomic E-state index is 12.6. The Kier molecular flexibility index (Phi) is 5.11. The summed E-state index contributed by atoms with van der Waals surface area (Å²) in [6.45, 7) is 7.90. The predicted molar refractivity (Wildman–Crippen MR) is 67.0 cm³/mol. The fourth-order valence-corrected chi connectivity index (χ4v) is 4.20. The summed E-state index contributed by atoms with van der Waals surface area (Å²) < 4.78 is 23.1. The second-order valence-electron chi connectivity index (χ2n) is 4.40. The van der Waals surface area contributed by atoms with Crippen molar-refractivity contribution in [3.8, 4) is 0 Å². The zero-order chi connectivity index (χ0) is 13.1. The number of ketones is 1. The summed E-state index contributed by atoms with van der Waals surface area (Å²) in [6, 6.07) is 0. The predicted octanol–water partition coefficient (Wildman–Crippen LogP) is 3.53. The van der Waals surface area contributed by atoms with E-state index in [2.05, 4.69) is 0 Å². The fourth-order valence-electron chi connectivity index (χ4n) is 2.24. The second kappa shape index (κ2) is 5.94. The first kappa shape index (κ1) is 14.6. The summed E-state index contributed by atoms with van der Waals surface area (Å²) in [6.07, 6.45) is 1.21. The molecule has 0 aromatic rings. The third-order valence-corrected chi connectivity index (χ3v) is 5.10. The van der Waals surface area contributed by atoms with Crippen LogP contribution in [0, 0.1) is 5.92 Å². The number of Topliss-reactive ketones (excluding diaryl/α,β-unsaturated/α-hetero) is 1. The number of allylic oxidation sites excluding steroid dienone is 2. The Bertz CT molecular complexity index is 363. The van der Waals surface area contributed by atoms with Crippen molar-refractivity contribution in [2.75, 3.05) is 13.2 Å². The summed E-state index contributed by atoms with van der Waals surface area (Å²) in [5, 5.41) is 0.291. The minimum absolute atomic E-state index is 0.0912. The van der Waals surface area contributed by atoms with Crippen LogP contribution in [0.25, 0.3) is 0 Å². The summed E-state index contributed by atoms with van der Waals surface area (Å²) in [4.78, 5) is 12.0. The van der Waals surface area contributed by atoms with Crippen molar-refractivity contribution in [1.29, 1.82) is 0 Å². The van der Waals surface area contributed by atoms with Gasteiger partial charge in [0.2, 0.25) is 0 Å². The van der Waals surface area contributed by atoms with Crippen molar-refractivity contribution in [2.45, 2.75) is 40.5 Å². The van der Waals surface area contributed by atoms with E-state index in [0.717, 1.165) is 12.0 Å². The number of carbonyl (C=O) groups excluding carboxylic acids is 1. The molecule has 1 atom stereocenters. The van der Waals surface area contributed by atoms with Gasteiger partial charge in [-0.15, -0.1) is 0 Å². The zero-order valence-electron chi connectivity index (χ0n) is 11.0. The second-order valence-corrected chi connectivity index (χ2v) is 6.36. The molecule has 0 heterocycles. The van der Waals surface area contributed by atoms with Crippen molar-refractivity contribution in [2.24, 2.45) is 5.92 Å². The minimum Gasteiger partial charge on any atom is -0.305 e. The van der Waals surface area contributed by atoms with Gasteiger partial charge in [-0.2, -0.15) is 0 Å². The molecule has 0 fully saturated rings. The third-order valence-electron chi connectivity index (χ3n) is 2.73. The van der Waals surface area contributed by atoms with Crippen LogP contribution < -0.4 is 0 Å². The van der Waals surface area contributed by atoms with Crippen LogP contribution in [0.15, 0.2) is 10.9 Å². The highest BCUT2D eigenvalue weighted by Gasteiger charge is 2.39. The van der Waals surface area contributed by atoms with Gasteiger partial charge in [-0.05, 0) is 33.1 Å². The molecule has 4 nitrogen and oxygen atoms in total. The lowest BCUT2D eigenvalue weighted by molar-refractivity contribution is -0.116. The standard InChI is InChI=1S/C12H21O4P/c1-5-15-17(14,16-6-2)12-10(4)7-9(3)8-11(12)13/h9H,5-8H2,1-4H3. The van der Waals surface area contributed by atoms with Gasteiger partial charge in [0.05, 0.1) is 13.2 Å². The average Bonchev–Trinajstić information content (AvgIpc) is 2.15. The lowest BCUT2D eigenvalue weighted by Gasteiger charge is -2.26. The Balaban J connectivity index is 3.13. The highest BCUT2D eigenvalue weighted by Crippen LogP contribution is 2.59. The Morgan fingerprint density at radius 3 is 2.18 bits per heavy atom. The third kappa shape index (κ3) is 3.27. The van der Waals surface area contributed by atoms with Gasteiger partial charge in [0.25, 0.3) is 0 Å². The van der Waals surface area contributed by atoms with Crippen molar-refractivity contribution in [3.05, 3.63) is 10.9 Å². The van der Waals surface area contributed by atoms with E-state index >= 15 is 0 Å². The first-order valence-electron chi connectivity index (χ1n) is 6.07. The molecule has 1 rings (SSSR count). The van der Waals surface area contributed by atoms with Gasteiger partial charge < -0.3 is 9.05 Å². The molecule has 0 bridgehead atoms. The first-order valence-corrected chi connectivity index (χ1v) is 7.61. The molecule has 0 amide bonds. The van der Waals surface area contributed by atoms with Crippen molar-refractivity contribution in [3.63, 3.8) is 0 Å². The maximum Gasteiger partial charge on any atom is 0.364 e. The van der Waals surface area contributed by atoms with Crippen molar-refractivity contribution >= 4 is 13.4 Å². The molecule has 98 valence electrons. The topological polar surface area (TPSA) is 52.6 Å². The summed E-state index contributed by atoms with van der Waals surface area (Å²) in [5.74, 6) is 0.217. The molecule has 1 unspecified atom stereocenters. The molecule has 5 heteroatoms. The molecule has 17 heavy (non-hydrogen) atoms. The Hall–Kier alpha value is -0.440. The smallest absolute Gasteiger partial charge is 0.305 e. The van der Waals surface area contributed by atoms with E-state index in [1.165, 1.54) is 0 Å². The zero-order valence-corrected chi connectivity index (χ0v) is 11.9. The number of hydrogen-bond acceptors (Lipinski definition) is 4. The number of rotatable bonds is 5. The van der Waals surface area contributed by atoms with Crippen LogP contribution in [0.1, 0.15) is 40.5 Å². The van der Waals surface area contributed by atoms with Gasteiger partial charge in [-0.1, -0.05) is 12.5 Å². The van der Waals surface area contributed by atoms with Gasteiger partial charge >= 0.3 is 7.60 Å². The maximum absolute atomic E-state index is 12.6. The van der Waals surface area contributed by atoms with Gasteiger partial charge in [0.15, 0.2) is 5.78 Å². The van der Waals surface area contributed by atoms with E-state index in [-0.39, 0.29) is 19.0 Å². The van der Waals surface area contributed by atoms with E-state index in [9.17, 15) is 9.36 Å². The largest absolute Gasteiger partial charge is 0.364 e. The molecule has 0 N–H and O–H groups in total. The molecule has 0 spiro atoms. The van der Waals surface area contributed by atoms with Crippen LogP contribution in [0.2, 0.25) is 0 Å². The molecule has 1 aliphatic carbocycles. The number of carbonyl (C=O) groups is 1. The van der Waals surface area contributed by atoms with Crippen molar-refractivity contribution in [1.82, 2.24) is 0 Å². The highest BCUT2D eigenvalue weighted by molar-refractivity contribution is 7.60. The molecular weight excluding hydrogens is 239 g/mol. The van der Waals surface area contributed by atoms with E-state index in [4.69, 9.17) is 9.05 Å². The molecule has 0 radical (unpaired) electrons. The normalized spacial score (nSPS) is 22.1. The molecule has 0 saturated carbocycles. The number of hydrogen-bond donors (Lipinski definition) is 0. The first-order chi connectivity index (χ1) is 7.94. The summed E-state index contributed by atoms with van der Waals surface area (Å²) in [5.41, 5.74) is 0.846. The lowest BCUT2D eigenvalue weighted by atomic mass is 9.90. The van der Waals surface area contributed by atoms with Gasteiger partial charge in [0.1, 0.15) is 5.31 Å². The SMILES string of the molecule is CCOP(=O)(OCC)C1=C(C)CC(C)CC1=O. The van der Waals surface area contributed by atoms with Gasteiger partial charge in [-0.25, -0.2) is 0 Å². The van der Waals surface area contributed by atoms with E-state index in [1.54, 1.807) is 13.8 Å². The minimum atomic E-state index is -3.40. The fraction of sp³-hybridized carbons (Fsp3) is 0.750. The average molecular weight is 260 g/mol. The lowest BCUT2D eigenvalue weighted by Crippen LogP contribution is -2.18. The van der Waals surface area contributed by atoms with Crippen LogP contribution in [0.3, 0.4) is 0 Å². The molecule has 1 aliphatic rings. The van der Waals surface area contributed by atoms with Gasteiger partial charge in [-0.3, -0.25) is 9.36 Å². The molecular formula is C12H21O4P. The van der Waals surface area contributed by atoms with Crippen LogP contribution in [-0.2, 0) is 18.4 Å². The monoisotopic (exact) mass is 260 g/mol. The van der Waals surface area contributed by atoms with E-state index < -0.39 is 7.60 Å². The van der Waals surface area contributed by atoms with Crippen LogP contribution >= 0.6 is 7.60 Å². The Morgan fingerprint density at radius 1 is 1.24 bits per heavy atom. The summed E-state index contributed by atoms with van der Waals surface area (Å²) in [7, 11) is -3.40. The van der Waals surface area contributed by atoms with Gasteiger partial charge in [0, 0.05) is 6.42 Å². The van der Waals surface area contributed by atoms with Crippen LogP contribution in [0.5, 0.6) is 0 Å². The summed E-state index contributed by atoms with van der Waals surface area (Å²) >= 11 is 0. The van der Waals surface area contributed by atoms with E-state index in [1.807, 2.05) is 13.8 Å². The molecule has 0 aromatic carbocycles. The molecule has 0 saturated heterocycles. The Morgan fingerprint density at radius 2 is 1.76 bits per heavy atom. The van der Waals surface area contributed by atoms with E-state index in [0.29, 0.717) is 17.7 Å². The van der Waals surface area contributed by atoms with Crippen LogP contribution in [-0.4, -0.2) is 19.0 Å². The van der Waals surface area contributed by atoms with Crippen molar-refractivity contribution < 1.29 is 18.4 Å².